The molecule has 0 amide bonds. The summed E-state index contributed by atoms with van der Waals surface area (Å²) in [5.41, 5.74) is 2.14. The largest absolute Gasteiger partial charge is 0.493 e. The van der Waals surface area contributed by atoms with Crippen LogP contribution in [0, 0.1) is 5.92 Å². The van der Waals surface area contributed by atoms with Gasteiger partial charge in [-0.3, -0.25) is 0 Å². The van der Waals surface area contributed by atoms with E-state index < -0.39 is 0 Å². The maximum Gasteiger partial charge on any atom is 0.323 e. The molecule has 0 spiro atoms. The van der Waals surface area contributed by atoms with E-state index in [1.54, 1.807) is 6.20 Å². The van der Waals surface area contributed by atoms with E-state index in [9.17, 15) is 4.79 Å². The highest BCUT2D eigenvalue weighted by Gasteiger charge is 2.08. The van der Waals surface area contributed by atoms with Gasteiger partial charge in [0.1, 0.15) is 5.75 Å². The minimum absolute atomic E-state index is 0.137. The topological polar surface area (TPSA) is 57.9 Å². The van der Waals surface area contributed by atoms with Crippen molar-refractivity contribution in [1.29, 1.82) is 0 Å². The second kappa shape index (κ2) is 8.73. The molecule has 2 rings (SSSR count). The Morgan fingerprint density at radius 1 is 1.23 bits per heavy atom. The number of H-pyrrole nitrogens is 2. The summed E-state index contributed by atoms with van der Waals surface area (Å²) in [5, 5.41) is 0. The molecule has 2 aromatic rings. The Hall–Kier alpha value is -1.62. The van der Waals surface area contributed by atoms with Crippen LogP contribution in [0.25, 0.3) is 0 Å². The Labute approximate surface area is 135 Å². The van der Waals surface area contributed by atoms with Gasteiger partial charge in [-0.1, -0.05) is 26.0 Å². The van der Waals surface area contributed by atoms with E-state index in [0.29, 0.717) is 5.92 Å². The molecule has 0 fully saturated rings. The molecule has 0 aliphatic heterocycles. The first kappa shape index (κ1) is 16.7. The third kappa shape index (κ3) is 5.30. The Morgan fingerprint density at radius 3 is 2.59 bits per heavy atom. The first-order valence-electron chi connectivity index (χ1n) is 7.77. The van der Waals surface area contributed by atoms with Gasteiger partial charge < -0.3 is 14.7 Å². The molecule has 120 valence electrons. The molecule has 1 heterocycles. The van der Waals surface area contributed by atoms with Gasteiger partial charge in [0.05, 0.1) is 6.61 Å². The summed E-state index contributed by atoms with van der Waals surface area (Å²) in [4.78, 5) is 16.4. The van der Waals surface area contributed by atoms with Gasteiger partial charge in [0.25, 0.3) is 0 Å². The summed E-state index contributed by atoms with van der Waals surface area (Å²) < 4.78 is 5.89. The number of imidazole rings is 1. The molecule has 0 aliphatic carbocycles. The summed E-state index contributed by atoms with van der Waals surface area (Å²) in [6.45, 7) is 5.07. The number of hydrogen-bond donors (Lipinski definition) is 2. The van der Waals surface area contributed by atoms with E-state index in [1.807, 2.05) is 23.9 Å². The first-order valence-corrected chi connectivity index (χ1v) is 8.92. The van der Waals surface area contributed by atoms with Crippen molar-refractivity contribution >= 4 is 11.8 Å². The van der Waals surface area contributed by atoms with Crippen LogP contribution in [0.15, 0.2) is 35.3 Å². The van der Waals surface area contributed by atoms with Crippen LogP contribution in [0.3, 0.4) is 0 Å². The van der Waals surface area contributed by atoms with E-state index in [4.69, 9.17) is 4.74 Å². The van der Waals surface area contributed by atoms with Crippen molar-refractivity contribution in [3.63, 3.8) is 0 Å². The van der Waals surface area contributed by atoms with Crippen LogP contribution in [0.1, 0.15) is 31.5 Å². The fourth-order valence-electron chi connectivity index (χ4n) is 2.10. The second-order valence-electron chi connectivity index (χ2n) is 5.37. The Kier molecular flexibility index (Phi) is 6.65. The molecule has 1 atom stereocenters. The highest BCUT2D eigenvalue weighted by Crippen LogP contribution is 2.18. The van der Waals surface area contributed by atoms with Gasteiger partial charge in [-0.15, -0.1) is 0 Å². The summed E-state index contributed by atoms with van der Waals surface area (Å²) >= 11 is 1.82. The van der Waals surface area contributed by atoms with E-state index in [-0.39, 0.29) is 5.69 Å². The lowest BCUT2D eigenvalue weighted by atomic mass is 10.1. The highest BCUT2D eigenvalue weighted by molar-refractivity contribution is 7.98. The number of ether oxygens (including phenoxy) is 1. The maximum atomic E-state index is 11.0. The number of thioether (sulfide) groups is 1. The standard InChI is InChI=1S/C17H24N2O2S/c1-3-13-5-7-16(8-6-13)21-10-14(4-2)11-22-12-15-9-18-17(20)19-15/h5-9,14H,3-4,10-12H2,1-2H3,(H2,18,19,20). The van der Waals surface area contributed by atoms with E-state index in [0.717, 1.165) is 42.4 Å². The smallest absolute Gasteiger partial charge is 0.323 e. The lowest BCUT2D eigenvalue weighted by Crippen LogP contribution is -2.14. The van der Waals surface area contributed by atoms with E-state index in [1.165, 1.54) is 5.56 Å². The monoisotopic (exact) mass is 320 g/mol. The normalized spacial score (nSPS) is 12.3. The SMILES string of the molecule is CCc1ccc(OCC(CC)CSCc2c[nH]c(=O)[nH]2)cc1. The van der Waals surface area contributed by atoms with Crippen LogP contribution in [-0.2, 0) is 12.2 Å². The van der Waals surface area contributed by atoms with E-state index in [2.05, 4.69) is 35.9 Å². The Morgan fingerprint density at radius 2 is 2.00 bits per heavy atom. The summed E-state index contributed by atoms with van der Waals surface area (Å²) in [6, 6.07) is 8.33. The number of nitrogens with one attached hydrogen (secondary N) is 2. The lowest BCUT2D eigenvalue weighted by molar-refractivity contribution is 0.259. The second-order valence-corrected chi connectivity index (χ2v) is 6.40. The van der Waals surface area contributed by atoms with Crippen molar-refractivity contribution in [2.24, 2.45) is 5.92 Å². The molecule has 0 radical (unpaired) electrons. The van der Waals surface area contributed by atoms with Crippen molar-refractivity contribution in [2.45, 2.75) is 32.4 Å². The number of aromatic nitrogens is 2. The van der Waals surface area contributed by atoms with Crippen LogP contribution in [-0.4, -0.2) is 22.3 Å². The quantitative estimate of drug-likeness (QED) is 0.742. The predicted molar refractivity (Wildman–Crippen MR) is 92.7 cm³/mol. The number of hydrogen-bond acceptors (Lipinski definition) is 3. The van der Waals surface area contributed by atoms with Crippen molar-refractivity contribution in [1.82, 2.24) is 9.97 Å². The lowest BCUT2D eigenvalue weighted by Gasteiger charge is -2.15. The van der Waals surface area contributed by atoms with Crippen molar-refractivity contribution in [3.05, 3.63) is 52.2 Å². The molecule has 1 unspecified atom stereocenters. The third-order valence-electron chi connectivity index (χ3n) is 3.66. The minimum Gasteiger partial charge on any atom is -0.493 e. The molecule has 22 heavy (non-hydrogen) atoms. The van der Waals surface area contributed by atoms with Gasteiger partial charge in [-0.2, -0.15) is 11.8 Å². The van der Waals surface area contributed by atoms with Gasteiger partial charge in [-0.25, -0.2) is 4.79 Å². The van der Waals surface area contributed by atoms with Crippen LogP contribution < -0.4 is 10.4 Å². The van der Waals surface area contributed by atoms with Gasteiger partial charge >= 0.3 is 5.69 Å². The van der Waals surface area contributed by atoms with Crippen LogP contribution in [0.2, 0.25) is 0 Å². The molecule has 5 heteroatoms. The zero-order chi connectivity index (χ0) is 15.8. The number of aryl methyl sites for hydroxylation is 1. The van der Waals surface area contributed by atoms with Gasteiger partial charge in [0, 0.05) is 23.6 Å². The van der Waals surface area contributed by atoms with Crippen molar-refractivity contribution in [3.8, 4) is 5.75 Å². The average Bonchev–Trinajstić information content (AvgIpc) is 2.96. The van der Waals surface area contributed by atoms with Gasteiger partial charge in [0.2, 0.25) is 0 Å². The molecule has 0 saturated carbocycles. The Balaban J connectivity index is 1.72. The molecule has 4 nitrogen and oxygen atoms in total. The molecule has 1 aromatic heterocycles. The number of aromatic amines is 2. The molecular formula is C17H24N2O2S. The zero-order valence-electron chi connectivity index (χ0n) is 13.2. The summed E-state index contributed by atoms with van der Waals surface area (Å²) in [6.07, 6.45) is 3.88. The van der Waals surface area contributed by atoms with Crippen LogP contribution >= 0.6 is 11.8 Å². The predicted octanol–water partition coefficient (Wildman–Crippen LogP) is 3.60. The zero-order valence-corrected chi connectivity index (χ0v) is 14.0. The molecule has 1 aromatic carbocycles. The molecule has 0 saturated heterocycles. The maximum absolute atomic E-state index is 11.0. The first-order chi connectivity index (χ1) is 10.7. The minimum atomic E-state index is -0.137. The third-order valence-corrected chi connectivity index (χ3v) is 4.88. The average molecular weight is 320 g/mol. The summed E-state index contributed by atoms with van der Waals surface area (Å²) in [5.74, 6) is 3.30. The fraction of sp³-hybridized carbons (Fsp3) is 0.471. The molecular weight excluding hydrogens is 296 g/mol. The number of rotatable bonds is 9. The van der Waals surface area contributed by atoms with Crippen LogP contribution in [0.4, 0.5) is 0 Å². The van der Waals surface area contributed by atoms with Gasteiger partial charge in [-0.05, 0) is 36.3 Å². The van der Waals surface area contributed by atoms with E-state index >= 15 is 0 Å². The Bertz CT molecular complexity index is 604. The van der Waals surface area contributed by atoms with Crippen LogP contribution in [0.5, 0.6) is 5.75 Å². The molecule has 0 bridgehead atoms. The molecule has 2 N–H and O–H groups in total. The van der Waals surface area contributed by atoms with Crippen molar-refractivity contribution < 1.29 is 4.74 Å². The number of benzene rings is 1. The molecule has 0 aliphatic rings. The summed E-state index contributed by atoms with van der Waals surface area (Å²) in [7, 11) is 0. The fourth-order valence-corrected chi connectivity index (χ4v) is 3.26. The van der Waals surface area contributed by atoms with Crippen molar-refractivity contribution in [2.75, 3.05) is 12.4 Å². The van der Waals surface area contributed by atoms with Gasteiger partial charge in [0.15, 0.2) is 0 Å². The highest BCUT2D eigenvalue weighted by atomic mass is 32.2.